The molecular weight excluding hydrogens is 240 g/mol. The Morgan fingerprint density at radius 3 is 2.95 bits per heavy atom. The molecule has 0 spiro atoms. The van der Waals surface area contributed by atoms with E-state index < -0.39 is 0 Å². The molecule has 1 atom stereocenters. The van der Waals surface area contributed by atoms with Crippen LogP contribution in [0.1, 0.15) is 37.9 Å². The van der Waals surface area contributed by atoms with Crippen LogP contribution in [0, 0.1) is 0 Å². The van der Waals surface area contributed by atoms with Crippen LogP contribution in [0.25, 0.3) is 0 Å². The third-order valence-electron chi connectivity index (χ3n) is 4.30. The van der Waals surface area contributed by atoms with Crippen LogP contribution < -0.4 is 0 Å². The van der Waals surface area contributed by atoms with Gasteiger partial charge in [0.15, 0.2) is 0 Å². The highest BCUT2D eigenvalue weighted by Gasteiger charge is 2.27. The van der Waals surface area contributed by atoms with Crippen molar-refractivity contribution in [2.45, 2.75) is 38.8 Å². The number of hydrogen-bond donors (Lipinski definition) is 0. The van der Waals surface area contributed by atoms with Crippen molar-refractivity contribution in [2.75, 3.05) is 26.2 Å². The largest absolute Gasteiger partial charge is 0.335 e. The van der Waals surface area contributed by atoms with Crippen LogP contribution in [-0.4, -0.2) is 51.7 Å². The average molecular weight is 262 g/mol. The molecule has 0 aliphatic carbocycles. The van der Waals surface area contributed by atoms with E-state index in [1.54, 1.807) is 6.92 Å². The monoisotopic (exact) mass is 262 g/mol. The Morgan fingerprint density at radius 1 is 1.42 bits per heavy atom. The average Bonchev–Trinajstić information content (AvgIpc) is 3.06. The van der Waals surface area contributed by atoms with Crippen LogP contribution >= 0.6 is 0 Å². The van der Waals surface area contributed by atoms with Crippen LogP contribution in [0.4, 0.5) is 0 Å². The van der Waals surface area contributed by atoms with Crippen LogP contribution in [0.5, 0.6) is 0 Å². The van der Waals surface area contributed by atoms with E-state index in [0.29, 0.717) is 12.6 Å². The summed E-state index contributed by atoms with van der Waals surface area (Å²) in [6, 6.07) is 2.36. The van der Waals surface area contributed by atoms with Gasteiger partial charge in [-0.25, -0.2) is 0 Å². The SMILES string of the molecule is CC(=O)N1Cc2ccnn2C(CCN2CCCC2)C1. The molecule has 1 fully saturated rings. The molecule has 5 nitrogen and oxygen atoms in total. The van der Waals surface area contributed by atoms with E-state index in [1.807, 2.05) is 17.2 Å². The minimum atomic E-state index is 0.165. The van der Waals surface area contributed by atoms with Crippen molar-refractivity contribution < 1.29 is 4.79 Å². The first-order valence-corrected chi connectivity index (χ1v) is 7.24. The van der Waals surface area contributed by atoms with Gasteiger partial charge in [-0.15, -0.1) is 0 Å². The molecule has 0 saturated carbocycles. The minimum Gasteiger partial charge on any atom is -0.335 e. The standard InChI is InChI=1S/C14H22N4O/c1-12(19)17-10-13-4-6-15-18(13)14(11-17)5-9-16-7-2-3-8-16/h4,6,14H,2-3,5,7-11H2,1H3. The number of fused-ring (bicyclic) bond motifs is 1. The maximum absolute atomic E-state index is 11.6. The van der Waals surface area contributed by atoms with Gasteiger partial charge < -0.3 is 9.80 Å². The quantitative estimate of drug-likeness (QED) is 0.824. The fraction of sp³-hybridized carbons (Fsp3) is 0.714. The second-order valence-electron chi connectivity index (χ2n) is 5.66. The molecule has 19 heavy (non-hydrogen) atoms. The number of carbonyl (C=O) groups is 1. The maximum atomic E-state index is 11.6. The van der Waals surface area contributed by atoms with Crippen LogP contribution in [0.15, 0.2) is 12.3 Å². The number of amides is 1. The van der Waals surface area contributed by atoms with E-state index in [2.05, 4.69) is 14.7 Å². The Balaban J connectivity index is 1.67. The molecule has 0 aromatic carbocycles. The number of rotatable bonds is 3. The second-order valence-corrected chi connectivity index (χ2v) is 5.66. The molecule has 3 rings (SSSR count). The summed E-state index contributed by atoms with van der Waals surface area (Å²) in [7, 11) is 0. The Hall–Kier alpha value is -1.36. The van der Waals surface area contributed by atoms with Crippen molar-refractivity contribution in [3.8, 4) is 0 Å². The first-order chi connectivity index (χ1) is 9.24. The van der Waals surface area contributed by atoms with E-state index in [9.17, 15) is 4.79 Å². The molecule has 0 N–H and O–H groups in total. The lowest BCUT2D eigenvalue weighted by Gasteiger charge is -2.34. The minimum absolute atomic E-state index is 0.165. The van der Waals surface area contributed by atoms with Crippen molar-refractivity contribution in [1.82, 2.24) is 19.6 Å². The molecule has 2 aliphatic rings. The van der Waals surface area contributed by atoms with Gasteiger partial charge in [-0.3, -0.25) is 9.48 Å². The van der Waals surface area contributed by atoms with E-state index in [0.717, 1.165) is 25.2 Å². The third-order valence-corrected chi connectivity index (χ3v) is 4.30. The number of likely N-dealkylation sites (tertiary alicyclic amines) is 1. The van der Waals surface area contributed by atoms with Gasteiger partial charge >= 0.3 is 0 Å². The molecule has 1 aromatic heterocycles. The molecule has 0 bridgehead atoms. The fourth-order valence-corrected chi connectivity index (χ4v) is 3.18. The molecule has 1 amide bonds. The van der Waals surface area contributed by atoms with Crippen molar-refractivity contribution in [3.63, 3.8) is 0 Å². The van der Waals surface area contributed by atoms with Crippen molar-refractivity contribution in [1.29, 1.82) is 0 Å². The van der Waals surface area contributed by atoms with Gasteiger partial charge in [-0.1, -0.05) is 0 Å². The second kappa shape index (κ2) is 5.33. The van der Waals surface area contributed by atoms with Gasteiger partial charge in [0, 0.05) is 26.2 Å². The smallest absolute Gasteiger partial charge is 0.219 e. The molecule has 3 heterocycles. The van der Waals surface area contributed by atoms with E-state index in [-0.39, 0.29) is 5.91 Å². The zero-order chi connectivity index (χ0) is 13.2. The maximum Gasteiger partial charge on any atom is 0.219 e. The number of carbonyl (C=O) groups excluding carboxylic acids is 1. The summed E-state index contributed by atoms with van der Waals surface area (Å²) in [5.41, 5.74) is 1.16. The normalized spacial score (nSPS) is 23.6. The van der Waals surface area contributed by atoms with E-state index in [1.165, 1.54) is 25.9 Å². The fourth-order valence-electron chi connectivity index (χ4n) is 3.18. The van der Waals surface area contributed by atoms with Gasteiger partial charge in [0.05, 0.1) is 18.3 Å². The summed E-state index contributed by atoms with van der Waals surface area (Å²) < 4.78 is 2.12. The third kappa shape index (κ3) is 2.66. The van der Waals surface area contributed by atoms with Gasteiger partial charge in [0.1, 0.15) is 0 Å². The molecule has 5 heteroatoms. The van der Waals surface area contributed by atoms with Gasteiger partial charge in [-0.05, 0) is 38.4 Å². The lowest BCUT2D eigenvalue weighted by molar-refractivity contribution is -0.131. The Morgan fingerprint density at radius 2 is 2.21 bits per heavy atom. The van der Waals surface area contributed by atoms with Gasteiger partial charge in [0.25, 0.3) is 0 Å². The summed E-state index contributed by atoms with van der Waals surface area (Å²) in [6.45, 7) is 6.75. The Kier molecular flexibility index (Phi) is 3.55. The summed E-state index contributed by atoms with van der Waals surface area (Å²) in [5, 5.41) is 4.44. The molecule has 1 unspecified atom stereocenters. The van der Waals surface area contributed by atoms with Crippen molar-refractivity contribution >= 4 is 5.91 Å². The highest BCUT2D eigenvalue weighted by molar-refractivity contribution is 5.73. The zero-order valence-electron chi connectivity index (χ0n) is 11.6. The van der Waals surface area contributed by atoms with Crippen LogP contribution in [0.2, 0.25) is 0 Å². The predicted molar refractivity (Wildman–Crippen MR) is 72.6 cm³/mol. The summed E-state index contributed by atoms with van der Waals surface area (Å²) in [6.07, 6.45) is 5.59. The van der Waals surface area contributed by atoms with Crippen LogP contribution in [-0.2, 0) is 11.3 Å². The molecule has 104 valence electrons. The van der Waals surface area contributed by atoms with Crippen LogP contribution in [0.3, 0.4) is 0 Å². The predicted octanol–water partition coefficient (Wildman–Crippen LogP) is 1.27. The summed E-state index contributed by atoms with van der Waals surface area (Å²) >= 11 is 0. The van der Waals surface area contributed by atoms with Gasteiger partial charge in [-0.2, -0.15) is 5.10 Å². The molecule has 2 aliphatic heterocycles. The number of aromatic nitrogens is 2. The highest BCUT2D eigenvalue weighted by Crippen LogP contribution is 2.23. The molecule has 1 saturated heterocycles. The van der Waals surface area contributed by atoms with Crippen molar-refractivity contribution in [3.05, 3.63) is 18.0 Å². The molecule has 0 radical (unpaired) electrons. The lowest BCUT2D eigenvalue weighted by atomic mass is 10.1. The van der Waals surface area contributed by atoms with E-state index >= 15 is 0 Å². The van der Waals surface area contributed by atoms with Gasteiger partial charge in [0.2, 0.25) is 5.91 Å². The first kappa shape index (κ1) is 12.7. The highest BCUT2D eigenvalue weighted by atomic mass is 16.2. The first-order valence-electron chi connectivity index (χ1n) is 7.24. The molecule has 1 aromatic rings. The molecular formula is C14H22N4O. The zero-order valence-corrected chi connectivity index (χ0v) is 11.6. The van der Waals surface area contributed by atoms with Crippen molar-refractivity contribution in [2.24, 2.45) is 0 Å². The number of nitrogens with zero attached hydrogens (tertiary/aromatic N) is 4. The topological polar surface area (TPSA) is 41.4 Å². The Bertz CT molecular complexity index is 450. The number of hydrogen-bond acceptors (Lipinski definition) is 3. The lowest BCUT2D eigenvalue weighted by Crippen LogP contribution is -2.41. The summed E-state index contributed by atoms with van der Waals surface area (Å²) in [5.74, 6) is 0.165. The Labute approximate surface area is 114 Å². The van der Waals surface area contributed by atoms with E-state index in [4.69, 9.17) is 0 Å². The summed E-state index contributed by atoms with van der Waals surface area (Å²) in [4.78, 5) is 16.1.